The molecule has 2 aliphatic rings. The summed E-state index contributed by atoms with van der Waals surface area (Å²) in [6, 6.07) is 8.93. The lowest BCUT2D eigenvalue weighted by atomic mass is 10.0. The summed E-state index contributed by atoms with van der Waals surface area (Å²) in [6.07, 6.45) is -6.11. The van der Waals surface area contributed by atoms with E-state index < -0.39 is 66.8 Å². The van der Waals surface area contributed by atoms with Gasteiger partial charge in [-0.2, -0.15) is 4.98 Å². The molecule has 0 spiro atoms. The van der Waals surface area contributed by atoms with Crippen LogP contribution in [-0.4, -0.2) is 79.8 Å². The highest BCUT2D eigenvalue weighted by Crippen LogP contribution is 2.30. The molecule has 13 heteroatoms. The van der Waals surface area contributed by atoms with Gasteiger partial charge in [-0.25, -0.2) is 13.6 Å². The van der Waals surface area contributed by atoms with Crippen molar-refractivity contribution in [2.24, 2.45) is 0 Å². The average Bonchev–Trinajstić information content (AvgIpc) is 3.13. The number of carbonyl (C=O) groups excluding carboxylic acids is 2. The maximum Gasteiger partial charge on any atom is 0.351 e. The van der Waals surface area contributed by atoms with Crippen molar-refractivity contribution in [3.05, 3.63) is 58.6 Å². The Morgan fingerprint density at radius 2 is 1.83 bits per heavy atom. The zero-order valence-corrected chi connectivity index (χ0v) is 19.2. The lowest BCUT2D eigenvalue weighted by Gasteiger charge is -2.34. The lowest BCUT2D eigenvalue weighted by molar-refractivity contribution is -0.146. The number of aromatic nitrogens is 2. The third-order valence-electron chi connectivity index (χ3n) is 6.33. The van der Waals surface area contributed by atoms with Crippen LogP contribution in [0.25, 0.3) is 0 Å². The van der Waals surface area contributed by atoms with Crippen molar-refractivity contribution in [3.63, 3.8) is 0 Å². The van der Waals surface area contributed by atoms with Crippen molar-refractivity contribution in [3.8, 4) is 0 Å². The number of nitrogens with zero attached hydrogens (tertiary/aromatic N) is 3. The highest BCUT2D eigenvalue weighted by Gasteiger charge is 2.48. The fraction of sp³-hybridized carbons (Fsp3) is 0.478. The molecule has 36 heavy (non-hydrogen) atoms. The number of anilines is 1. The minimum atomic E-state index is -2.85. The highest BCUT2D eigenvalue weighted by molar-refractivity contribution is 5.90. The van der Waals surface area contributed by atoms with Crippen LogP contribution in [0.3, 0.4) is 0 Å². The van der Waals surface area contributed by atoms with Gasteiger partial charge in [0.2, 0.25) is 5.91 Å². The van der Waals surface area contributed by atoms with Crippen LogP contribution in [0, 0.1) is 0 Å². The number of nitrogens with two attached hydrogens (primary N) is 1. The molecule has 1 aromatic carbocycles. The maximum absolute atomic E-state index is 13.6. The lowest BCUT2D eigenvalue weighted by Crippen LogP contribution is -2.55. The summed E-state index contributed by atoms with van der Waals surface area (Å²) >= 11 is 0. The first-order chi connectivity index (χ1) is 17.1. The molecule has 0 aliphatic carbocycles. The first-order valence-electron chi connectivity index (χ1n) is 11.4. The summed E-state index contributed by atoms with van der Waals surface area (Å²) < 4.78 is 33.6. The molecule has 3 heterocycles. The summed E-state index contributed by atoms with van der Waals surface area (Å²) in [5.74, 6) is -4.36. The minimum absolute atomic E-state index is 0.0590. The Morgan fingerprint density at radius 1 is 1.17 bits per heavy atom. The number of benzene rings is 1. The van der Waals surface area contributed by atoms with Gasteiger partial charge in [0.15, 0.2) is 12.3 Å². The van der Waals surface area contributed by atoms with E-state index in [-0.39, 0.29) is 25.3 Å². The predicted molar refractivity (Wildman–Crippen MR) is 122 cm³/mol. The molecule has 11 nitrogen and oxygen atoms in total. The third kappa shape index (κ3) is 5.53. The number of likely N-dealkylation sites (tertiary alicyclic amines) is 1. The smallest absolute Gasteiger partial charge is 0.351 e. The van der Waals surface area contributed by atoms with E-state index >= 15 is 0 Å². The van der Waals surface area contributed by atoms with Gasteiger partial charge in [0.1, 0.15) is 24.1 Å². The van der Waals surface area contributed by atoms with Crippen LogP contribution in [0.5, 0.6) is 0 Å². The third-order valence-corrected chi connectivity index (χ3v) is 6.33. The summed E-state index contributed by atoms with van der Waals surface area (Å²) in [6.45, 7) is -0.327. The van der Waals surface area contributed by atoms with E-state index in [0.29, 0.717) is 5.56 Å². The zero-order valence-electron chi connectivity index (χ0n) is 19.2. The van der Waals surface area contributed by atoms with Gasteiger partial charge in [0.05, 0.1) is 0 Å². The highest BCUT2D eigenvalue weighted by atomic mass is 19.3. The molecule has 5 N–H and O–H groups in total. The summed E-state index contributed by atoms with van der Waals surface area (Å²) in [5.41, 5.74) is 5.32. The number of piperidine rings is 1. The molecule has 5 atom stereocenters. The molecule has 1 aromatic heterocycles. The van der Waals surface area contributed by atoms with Crippen molar-refractivity contribution >= 4 is 17.6 Å². The van der Waals surface area contributed by atoms with Crippen LogP contribution in [0.2, 0.25) is 0 Å². The molecule has 0 saturated carbocycles. The van der Waals surface area contributed by atoms with Crippen LogP contribution in [-0.2, 0) is 20.7 Å². The van der Waals surface area contributed by atoms with E-state index in [1.54, 1.807) is 30.3 Å². The van der Waals surface area contributed by atoms with Gasteiger partial charge >= 0.3 is 5.69 Å². The standard InChI is InChI=1S/C23H27F2N5O6/c24-23(25)7-10-29(11-8-23)20(34)14(12-13-4-2-1-3-5-13)27-19(33)18-16(31)17(32)21(36-18)30-9-6-15(26)28-22(30)35/h1-6,9,14,16-18,21,31-32H,7-8,10-12H2,(H,27,33)(H2,26,28,35)/t14-,16+,17-,18+,21-/m1/s1. The number of hydrogen-bond acceptors (Lipinski definition) is 8. The van der Waals surface area contributed by atoms with Crippen molar-refractivity contribution in [2.75, 3.05) is 18.8 Å². The SMILES string of the molecule is Nc1ccn([C@@H]2O[C@H](C(=O)N[C@H](Cc3ccccc3)C(=O)N3CCC(F)(F)CC3)[C@@H](O)[C@H]2O)c(=O)n1. The topological polar surface area (TPSA) is 160 Å². The van der Waals surface area contributed by atoms with Gasteiger partial charge in [0.25, 0.3) is 11.8 Å². The normalized spacial score (nSPS) is 26.4. The predicted octanol–water partition coefficient (Wildman–Crippen LogP) is -0.570. The van der Waals surface area contributed by atoms with Crippen LogP contribution in [0.4, 0.5) is 14.6 Å². The summed E-state index contributed by atoms with van der Waals surface area (Å²) in [5, 5.41) is 23.4. The fourth-order valence-corrected chi connectivity index (χ4v) is 4.30. The molecular weight excluding hydrogens is 480 g/mol. The van der Waals surface area contributed by atoms with Gasteiger partial charge in [-0.1, -0.05) is 30.3 Å². The second-order valence-corrected chi connectivity index (χ2v) is 8.90. The number of hydrogen-bond donors (Lipinski definition) is 4. The van der Waals surface area contributed by atoms with Crippen molar-refractivity contribution in [1.82, 2.24) is 19.8 Å². The fourth-order valence-electron chi connectivity index (χ4n) is 4.30. The molecule has 2 aliphatic heterocycles. The number of nitrogen functional groups attached to an aromatic ring is 1. The monoisotopic (exact) mass is 507 g/mol. The van der Waals surface area contributed by atoms with Crippen molar-refractivity contribution in [1.29, 1.82) is 0 Å². The Morgan fingerprint density at radius 3 is 2.47 bits per heavy atom. The Balaban J connectivity index is 1.51. The van der Waals surface area contributed by atoms with E-state index in [1.165, 1.54) is 17.2 Å². The molecule has 2 saturated heterocycles. The van der Waals surface area contributed by atoms with Crippen molar-refractivity contribution in [2.45, 2.75) is 55.8 Å². The molecule has 2 aromatic rings. The molecular formula is C23H27F2N5O6. The van der Waals surface area contributed by atoms with Crippen LogP contribution in [0.15, 0.2) is 47.4 Å². The number of amides is 2. The Hall–Kier alpha value is -3.42. The number of carbonyl (C=O) groups is 2. The van der Waals surface area contributed by atoms with Gasteiger partial charge in [-0.05, 0) is 11.6 Å². The molecule has 194 valence electrons. The van der Waals surface area contributed by atoms with Gasteiger partial charge in [-0.15, -0.1) is 0 Å². The minimum Gasteiger partial charge on any atom is -0.387 e. The van der Waals surface area contributed by atoms with Crippen LogP contribution >= 0.6 is 0 Å². The number of alkyl halides is 2. The number of aliphatic hydroxyl groups excluding tert-OH is 2. The van der Waals surface area contributed by atoms with E-state index in [1.807, 2.05) is 0 Å². The molecule has 0 unspecified atom stereocenters. The largest absolute Gasteiger partial charge is 0.387 e. The number of halogens is 2. The first-order valence-corrected chi connectivity index (χ1v) is 11.4. The molecule has 0 radical (unpaired) electrons. The number of aliphatic hydroxyl groups is 2. The Kier molecular flexibility index (Phi) is 7.33. The molecule has 4 rings (SSSR count). The van der Waals surface area contributed by atoms with Crippen molar-refractivity contribution < 1.29 is 33.3 Å². The second kappa shape index (κ2) is 10.3. The van der Waals surface area contributed by atoms with Gasteiger partial charge in [-0.3, -0.25) is 14.2 Å². The molecule has 2 fully saturated rings. The van der Waals surface area contributed by atoms with E-state index in [0.717, 1.165) is 4.57 Å². The second-order valence-electron chi connectivity index (χ2n) is 8.90. The summed E-state index contributed by atoms with van der Waals surface area (Å²) in [4.78, 5) is 43.3. The average molecular weight is 507 g/mol. The van der Waals surface area contributed by atoms with Crippen LogP contribution < -0.4 is 16.7 Å². The van der Waals surface area contributed by atoms with Crippen LogP contribution in [0.1, 0.15) is 24.6 Å². The summed E-state index contributed by atoms with van der Waals surface area (Å²) in [7, 11) is 0. The van der Waals surface area contributed by atoms with E-state index in [4.69, 9.17) is 10.5 Å². The quantitative estimate of drug-likeness (QED) is 0.404. The first kappa shape index (κ1) is 25.7. The molecule has 0 bridgehead atoms. The number of rotatable bonds is 6. The Labute approximate surface area is 204 Å². The van der Waals surface area contributed by atoms with Gasteiger partial charge in [0, 0.05) is 38.5 Å². The van der Waals surface area contributed by atoms with Gasteiger partial charge < -0.3 is 30.9 Å². The van der Waals surface area contributed by atoms with E-state index in [9.17, 15) is 33.4 Å². The number of ether oxygens (including phenoxy) is 1. The molecule has 2 amide bonds. The Bertz CT molecular complexity index is 1150. The number of nitrogens with one attached hydrogen (secondary N) is 1. The maximum atomic E-state index is 13.6. The van der Waals surface area contributed by atoms with E-state index in [2.05, 4.69) is 10.3 Å². The zero-order chi connectivity index (χ0) is 26.0.